The molecule has 1 aliphatic heterocycles. The van der Waals surface area contributed by atoms with Gasteiger partial charge < -0.3 is 4.90 Å². The first-order valence-corrected chi connectivity index (χ1v) is 7.95. The van der Waals surface area contributed by atoms with Crippen molar-refractivity contribution >= 4 is 6.34 Å². The van der Waals surface area contributed by atoms with Crippen molar-refractivity contribution in [2.45, 2.75) is 31.7 Å². The Balaban J connectivity index is 1.69. The van der Waals surface area contributed by atoms with Gasteiger partial charge in [0, 0.05) is 31.0 Å². The third-order valence-electron chi connectivity index (χ3n) is 4.90. The fourth-order valence-electron chi connectivity index (χ4n) is 3.71. The molecule has 0 N–H and O–H groups in total. The predicted octanol–water partition coefficient (Wildman–Crippen LogP) is 2.73. The van der Waals surface area contributed by atoms with E-state index in [-0.39, 0.29) is 5.54 Å². The molecule has 4 rings (SSSR count). The molecule has 0 saturated heterocycles. The van der Waals surface area contributed by atoms with Crippen LogP contribution in [0.5, 0.6) is 0 Å². The van der Waals surface area contributed by atoms with E-state index in [0.717, 1.165) is 37.9 Å². The van der Waals surface area contributed by atoms with Gasteiger partial charge in [0.25, 0.3) is 0 Å². The van der Waals surface area contributed by atoms with Crippen molar-refractivity contribution in [3.05, 3.63) is 48.0 Å². The number of hydrogen-bond acceptors (Lipinski definition) is 4. The highest BCUT2D eigenvalue weighted by Crippen LogP contribution is 2.38. The number of fused-ring (bicyclic) bond motifs is 1. The van der Waals surface area contributed by atoms with Gasteiger partial charge in [-0.3, -0.25) is 4.99 Å². The molecule has 0 radical (unpaired) electrons. The molecule has 1 spiro atoms. The summed E-state index contributed by atoms with van der Waals surface area (Å²) < 4.78 is 0. The van der Waals surface area contributed by atoms with E-state index in [1.807, 2.05) is 18.7 Å². The zero-order valence-electron chi connectivity index (χ0n) is 12.9. The van der Waals surface area contributed by atoms with Gasteiger partial charge in [0.2, 0.25) is 0 Å². The van der Waals surface area contributed by atoms with E-state index in [9.17, 15) is 0 Å². The first-order chi connectivity index (χ1) is 10.8. The van der Waals surface area contributed by atoms with E-state index in [1.54, 1.807) is 6.33 Å². The molecule has 1 aromatic carbocycles. The first kappa shape index (κ1) is 13.4. The number of nitrogens with zero attached hydrogens (tertiary/aromatic N) is 4. The Kier molecular flexibility index (Phi) is 3.17. The Morgan fingerprint density at radius 2 is 2.09 bits per heavy atom. The molecule has 4 nitrogen and oxygen atoms in total. The molecule has 2 heterocycles. The van der Waals surface area contributed by atoms with E-state index in [0.29, 0.717) is 0 Å². The third kappa shape index (κ3) is 2.19. The monoisotopic (exact) mass is 292 g/mol. The number of hydrogen-bond donors (Lipinski definition) is 0. The Morgan fingerprint density at radius 1 is 1.23 bits per heavy atom. The van der Waals surface area contributed by atoms with Crippen LogP contribution in [0.3, 0.4) is 0 Å². The first-order valence-electron chi connectivity index (χ1n) is 7.95. The zero-order chi connectivity index (χ0) is 15.0. The molecule has 2 aliphatic rings. The van der Waals surface area contributed by atoms with Gasteiger partial charge in [-0.25, -0.2) is 9.97 Å². The maximum Gasteiger partial charge on any atom is 0.115 e. The Hall–Kier alpha value is -2.23. The molecule has 1 atom stereocenters. The average molecular weight is 292 g/mol. The second-order valence-corrected chi connectivity index (χ2v) is 6.28. The van der Waals surface area contributed by atoms with Crippen LogP contribution in [-0.2, 0) is 12.8 Å². The molecule has 1 aromatic heterocycles. The molecule has 2 aromatic rings. The smallest absolute Gasteiger partial charge is 0.115 e. The molecule has 0 amide bonds. The number of benzene rings is 1. The molecular weight excluding hydrogens is 272 g/mol. The average Bonchev–Trinajstić information content (AvgIpc) is 2.97. The molecule has 112 valence electrons. The van der Waals surface area contributed by atoms with Gasteiger partial charge in [-0.1, -0.05) is 18.2 Å². The van der Waals surface area contributed by atoms with Crippen LogP contribution < -0.4 is 0 Å². The zero-order valence-corrected chi connectivity index (χ0v) is 12.9. The van der Waals surface area contributed by atoms with Crippen LogP contribution in [0.25, 0.3) is 11.1 Å². The molecule has 0 fully saturated rings. The predicted molar refractivity (Wildman–Crippen MR) is 88.0 cm³/mol. The fourth-order valence-corrected chi connectivity index (χ4v) is 3.71. The lowest BCUT2D eigenvalue weighted by Crippen LogP contribution is -2.39. The molecular formula is C18H20N4. The highest BCUT2D eigenvalue weighted by molar-refractivity contribution is 5.68. The minimum absolute atomic E-state index is 0.0921. The lowest BCUT2D eigenvalue weighted by Gasteiger charge is -2.34. The molecule has 4 heteroatoms. The Bertz CT molecular complexity index is 710. The molecule has 22 heavy (non-hydrogen) atoms. The topological polar surface area (TPSA) is 41.4 Å². The van der Waals surface area contributed by atoms with E-state index < -0.39 is 0 Å². The van der Waals surface area contributed by atoms with Gasteiger partial charge in [0.15, 0.2) is 0 Å². The van der Waals surface area contributed by atoms with Crippen LogP contribution in [0.15, 0.2) is 41.9 Å². The summed E-state index contributed by atoms with van der Waals surface area (Å²) in [6.07, 6.45) is 10.7. The lowest BCUT2D eigenvalue weighted by atomic mass is 9.76. The summed E-state index contributed by atoms with van der Waals surface area (Å²) >= 11 is 0. The Labute approximate surface area is 130 Å². The summed E-state index contributed by atoms with van der Waals surface area (Å²) in [5, 5.41) is 0. The quantitative estimate of drug-likeness (QED) is 0.854. The van der Waals surface area contributed by atoms with E-state index >= 15 is 0 Å². The minimum Gasteiger partial charge on any atom is -0.361 e. The van der Waals surface area contributed by atoms with E-state index in [4.69, 9.17) is 4.99 Å². The van der Waals surface area contributed by atoms with E-state index in [1.165, 1.54) is 16.7 Å². The number of aliphatic imine (C=N–C) groups is 1. The van der Waals surface area contributed by atoms with E-state index in [2.05, 4.69) is 40.0 Å². The van der Waals surface area contributed by atoms with Crippen molar-refractivity contribution in [2.75, 3.05) is 13.1 Å². The summed E-state index contributed by atoms with van der Waals surface area (Å²) in [6.45, 7) is 4.29. The van der Waals surface area contributed by atoms with Crippen LogP contribution in [0.1, 0.15) is 24.5 Å². The van der Waals surface area contributed by atoms with Crippen molar-refractivity contribution in [1.29, 1.82) is 0 Å². The van der Waals surface area contributed by atoms with Crippen molar-refractivity contribution in [3.8, 4) is 11.1 Å². The SMILES string of the molecule is CCN1C=NC2(CCc3c(cccc3-c3cncnc3)C2)C1. The minimum atomic E-state index is 0.0921. The maximum absolute atomic E-state index is 4.86. The van der Waals surface area contributed by atoms with Gasteiger partial charge in [0.1, 0.15) is 6.33 Å². The maximum atomic E-state index is 4.86. The van der Waals surface area contributed by atoms with Gasteiger partial charge in [-0.05, 0) is 42.9 Å². The van der Waals surface area contributed by atoms with Crippen LogP contribution in [-0.4, -0.2) is 39.8 Å². The van der Waals surface area contributed by atoms with Crippen molar-refractivity contribution in [1.82, 2.24) is 14.9 Å². The highest BCUT2D eigenvalue weighted by atomic mass is 15.2. The second-order valence-electron chi connectivity index (χ2n) is 6.28. The van der Waals surface area contributed by atoms with Crippen LogP contribution in [0.4, 0.5) is 0 Å². The summed E-state index contributed by atoms with van der Waals surface area (Å²) in [6, 6.07) is 6.59. The fraction of sp³-hybridized carbons (Fsp3) is 0.389. The van der Waals surface area contributed by atoms with Gasteiger partial charge in [-0.2, -0.15) is 0 Å². The number of rotatable bonds is 2. The van der Waals surface area contributed by atoms with Crippen molar-refractivity contribution in [2.24, 2.45) is 4.99 Å². The van der Waals surface area contributed by atoms with Crippen molar-refractivity contribution in [3.63, 3.8) is 0 Å². The lowest BCUT2D eigenvalue weighted by molar-refractivity contribution is 0.319. The van der Waals surface area contributed by atoms with Crippen LogP contribution >= 0.6 is 0 Å². The normalized spacial score (nSPS) is 23.0. The molecule has 1 unspecified atom stereocenters. The molecule has 1 aliphatic carbocycles. The van der Waals surface area contributed by atoms with Crippen molar-refractivity contribution < 1.29 is 0 Å². The van der Waals surface area contributed by atoms with Gasteiger partial charge >= 0.3 is 0 Å². The summed E-state index contributed by atoms with van der Waals surface area (Å²) in [5.74, 6) is 0. The number of likely N-dealkylation sites (N-methyl/N-ethyl adjacent to an activating group) is 1. The summed E-state index contributed by atoms with van der Waals surface area (Å²) in [7, 11) is 0. The van der Waals surface area contributed by atoms with Gasteiger partial charge in [-0.15, -0.1) is 0 Å². The Morgan fingerprint density at radius 3 is 2.86 bits per heavy atom. The summed E-state index contributed by atoms with van der Waals surface area (Å²) in [5.41, 5.74) is 5.37. The highest BCUT2D eigenvalue weighted by Gasteiger charge is 2.38. The van der Waals surface area contributed by atoms with Crippen LogP contribution in [0.2, 0.25) is 0 Å². The second kappa shape index (κ2) is 5.20. The largest absolute Gasteiger partial charge is 0.361 e. The van der Waals surface area contributed by atoms with Crippen LogP contribution in [0, 0.1) is 0 Å². The van der Waals surface area contributed by atoms with Gasteiger partial charge in [0.05, 0.1) is 11.9 Å². The molecule has 0 saturated carbocycles. The standard InChI is InChI=1S/C18H20N4/c1-2-22-11-18(21-13-22)7-6-17-14(8-18)4-3-5-16(17)15-9-19-12-20-10-15/h3-5,9-10,12-13H,2,6-8,11H2,1H3. The molecule has 0 bridgehead atoms. The third-order valence-corrected chi connectivity index (χ3v) is 4.90. The number of aromatic nitrogens is 2. The summed E-state index contributed by atoms with van der Waals surface area (Å²) in [4.78, 5) is 15.5.